The molecule has 5 fully saturated rings. The quantitative estimate of drug-likeness (QED) is 0.562. The molecular weight excluding hydrogens is 232 g/mol. The summed E-state index contributed by atoms with van der Waals surface area (Å²) in [6, 6.07) is 0. The zero-order chi connectivity index (χ0) is 12.3. The van der Waals surface area contributed by atoms with E-state index in [0.29, 0.717) is 37.1 Å². The van der Waals surface area contributed by atoms with Crippen LogP contribution >= 0.6 is 0 Å². The lowest BCUT2D eigenvalue weighted by Crippen LogP contribution is -2.46. The molecule has 0 radical (unpaired) electrons. The van der Waals surface area contributed by atoms with Gasteiger partial charge >= 0.3 is 5.97 Å². The van der Waals surface area contributed by atoms with E-state index in [-0.39, 0.29) is 17.5 Å². The van der Waals surface area contributed by atoms with Crippen molar-refractivity contribution < 1.29 is 19.0 Å². The van der Waals surface area contributed by atoms with Crippen LogP contribution in [0.5, 0.6) is 0 Å². The second-order valence-corrected chi connectivity index (χ2v) is 6.26. The Kier molecular flexibility index (Phi) is 2.31. The van der Waals surface area contributed by atoms with Gasteiger partial charge in [-0.05, 0) is 6.42 Å². The molecular formula is C14H20O4. The Morgan fingerprint density at radius 3 is 3.06 bits per heavy atom. The summed E-state index contributed by atoms with van der Waals surface area (Å²) in [5.74, 6) is 1.01. The Morgan fingerprint density at radius 1 is 1.50 bits per heavy atom. The average Bonchev–Trinajstić information content (AvgIpc) is 2.90. The highest BCUT2D eigenvalue weighted by molar-refractivity contribution is 5.73. The smallest absolute Gasteiger partial charge is 0.306 e. The van der Waals surface area contributed by atoms with Crippen LogP contribution in [-0.2, 0) is 19.0 Å². The highest BCUT2D eigenvalue weighted by Gasteiger charge is 2.78. The molecule has 100 valence electrons. The Bertz CT molecular complexity index is 378. The summed E-state index contributed by atoms with van der Waals surface area (Å²) in [5, 5.41) is 0. The molecule has 4 nitrogen and oxygen atoms in total. The SMILES string of the molecule is CCCCOC1CC2OC3C1C3C21COC(=O)C1. The summed E-state index contributed by atoms with van der Waals surface area (Å²) in [6.45, 7) is 3.63. The van der Waals surface area contributed by atoms with Gasteiger partial charge in [-0.15, -0.1) is 0 Å². The first-order valence-corrected chi connectivity index (χ1v) is 7.19. The summed E-state index contributed by atoms with van der Waals surface area (Å²) in [4.78, 5) is 11.4. The normalized spacial score (nSPS) is 51.8. The van der Waals surface area contributed by atoms with Crippen LogP contribution in [0.15, 0.2) is 0 Å². The van der Waals surface area contributed by atoms with Gasteiger partial charge in [0.1, 0.15) is 6.61 Å². The van der Waals surface area contributed by atoms with E-state index in [1.165, 1.54) is 6.42 Å². The van der Waals surface area contributed by atoms with Gasteiger partial charge in [-0.1, -0.05) is 13.3 Å². The van der Waals surface area contributed by atoms with Gasteiger partial charge in [-0.2, -0.15) is 0 Å². The molecule has 6 unspecified atom stereocenters. The minimum atomic E-state index is -0.0414. The fourth-order valence-corrected chi connectivity index (χ4v) is 4.40. The molecule has 2 aliphatic carbocycles. The molecule has 0 aromatic carbocycles. The van der Waals surface area contributed by atoms with Crippen LogP contribution in [0, 0.1) is 17.3 Å². The van der Waals surface area contributed by atoms with Crippen LogP contribution in [0.2, 0.25) is 0 Å². The zero-order valence-corrected chi connectivity index (χ0v) is 10.8. The van der Waals surface area contributed by atoms with Crippen LogP contribution < -0.4 is 0 Å². The molecule has 3 aliphatic heterocycles. The first kappa shape index (κ1) is 11.2. The van der Waals surface area contributed by atoms with Crippen molar-refractivity contribution in [2.75, 3.05) is 13.2 Å². The van der Waals surface area contributed by atoms with E-state index in [1.807, 2.05) is 0 Å². The van der Waals surface area contributed by atoms with Crippen molar-refractivity contribution in [3.63, 3.8) is 0 Å². The van der Waals surface area contributed by atoms with Gasteiger partial charge in [0, 0.05) is 30.3 Å². The summed E-state index contributed by atoms with van der Waals surface area (Å²) >= 11 is 0. The Balaban J connectivity index is 1.46. The molecule has 4 heteroatoms. The maximum atomic E-state index is 11.4. The van der Waals surface area contributed by atoms with Crippen LogP contribution in [0.4, 0.5) is 0 Å². The van der Waals surface area contributed by atoms with Crippen molar-refractivity contribution in [3.05, 3.63) is 0 Å². The summed E-state index contributed by atoms with van der Waals surface area (Å²) < 4.78 is 17.3. The molecule has 0 amide bonds. The summed E-state index contributed by atoms with van der Waals surface area (Å²) in [5.41, 5.74) is 0.0109. The van der Waals surface area contributed by atoms with Gasteiger partial charge in [-0.3, -0.25) is 4.79 Å². The van der Waals surface area contributed by atoms with E-state index in [9.17, 15) is 4.79 Å². The zero-order valence-electron chi connectivity index (χ0n) is 10.8. The lowest BCUT2D eigenvalue weighted by atomic mass is 9.70. The number of ether oxygens (including phenoxy) is 3. The largest absolute Gasteiger partial charge is 0.465 e. The van der Waals surface area contributed by atoms with Gasteiger partial charge in [0.25, 0.3) is 0 Å². The minimum Gasteiger partial charge on any atom is -0.465 e. The maximum Gasteiger partial charge on any atom is 0.306 e. The fourth-order valence-electron chi connectivity index (χ4n) is 4.40. The molecule has 0 aromatic heterocycles. The van der Waals surface area contributed by atoms with Crippen molar-refractivity contribution in [1.29, 1.82) is 0 Å². The fraction of sp³-hybridized carbons (Fsp3) is 0.929. The third-order valence-electron chi connectivity index (χ3n) is 5.31. The van der Waals surface area contributed by atoms with Gasteiger partial charge in [0.05, 0.1) is 24.7 Å². The molecule has 4 bridgehead atoms. The monoisotopic (exact) mass is 252 g/mol. The predicted molar refractivity (Wildman–Crippen MR) is 62.9 cm³/mol. The van der Waals surface area contributed by atoms with E-state index in [2.05, 4.69) is 6.92 Å². The number of cyclic esters (lactones) is 1. The van der Waals surface area contributed by atoms with E-state index in [1.54, 1.807) is 0 Å². The van der Waals surface area contributed by atoms with Crippen LogP contribution in [-0.4, -0.2) is 37.5 Å². The highest BCUT2D eigenvalue weighted by atomic mass is 16.6. The number of unbranched alkanes of at least 4 members (excludes halogenated alkanes) is 1. The molecule has 3 heterocycles. The third-order valence-corrected chi connectivity index (χ3v) is 5.31. The molecule has 0 N–H and O–H groups in total. The highest BCUT2D eigenvalue weighted by Crippen LogP contribution is 2.70. The van der Waals surface area contributed by atoms with Gasteiger partial charge < -0.3 is 14.2 Å². The molecule has 6 atom stereocenters. The lowest BCUT2D eigenvalue weighted by Gasteiger charge is -2.40. The van der Waals surface area contributed by atoms with E-state index >= 15 is 0 Å². The minimum absolute atomic E-state index is 0.0109. The number of fused-ring (bicyclic) bond motifs is 1. The van der Waals surface area contributed by atoms with E-state index in [0.717, 1.165) is 19.4 Å². The second kappa shape index (κ2) is 3.70. The van der Waals surface area contributed by atoms with E-state index in [4.69, 9.17) is 14.2 Å². The van der Waals surface area contributed by atoms with Crippen LogP contribution in [0.1, 0.15) is 32.6 Å². The van der Waals surface area contributed by atoms with Crippen molar-refractivity contribution in [2.24, 2.45) is 17.3 Å². The predicted octanol–water partition coefficient (Wildman–Crippen LogP) is 1.52. The average molecular weight is 252 g/mol. The third kappa shape index (κ3) is 1.31. The van der Waals surface area contributed by atoms with Gasteiger partial charge in [0.2, 0.25) is 0 Å². The second-order valence-electron chi connectivity index (χ2n) is 6.26. The first-order valence-electron chi connectivity index (χ1n) is 7.19. The van der Waals surface area contributed by atoms with Crippen molar-refractivity contribution in [3.8, 4) is 0 Å². The maximum absolute atomic E-state index is 11.4. The van der Waals surface area contributed by atoms with Crippen molar-refractivity contribution in [2.45, 2.75) is 50.9 Å². The number of hydrogen-bond donors (Lipinski definition) is 0. The Labute approximate surface area is 107 Å². The van der Waals surface area contributed by atoms with Crippen molar-refractivity contribution in [1.82, 2.24) is 0 Å². The molecule has 18 heavy (non-hydrogen) atoms. The lowest BCUT2D eigenvalue weighted by molar-refractivity contribution is -0.137. The van der Waals surface area contributed by atoms with E-state index < -0.39 is 0 Å². The first-order chi connectivity index (χ1) is 8.76. The van der Waals surface area contributed by atoms with Crippen molar-refractivity contribution >= 4 is 5.97 Å². The molecule has 2 saturated carbocycles. The molecule has 0 aromatic rings. The Hall–Kier alpha value is -0.610. The number of rotatable bonds is 4. The number of carbonyl (C=O) groups excluding carboxylic acids is 1. The molecule has 3 saturated heterocycles. The summed E-state index contributed by atoms with van der Waals surface area (Å²) in [7, 11) is 0. The van der Waals surface area contributed by atoms with Crippen LogP contribution in [0.25, 0.3) is 0 Å². The van der Waals surface area contributed by atoms with Gasteiger partial charge in [0.15, 0.2) is 0 Å². The molecule has 5 rings (SSSR count). The van der Waals surface area contributed by atoms with Gasteiger partial charge in [-0.25, -0.2) is 0 Å². The number of carbonyl (C=O) groups is 1. The number of esters is 1. The van der Waals surface area contributed by atoms with Crippen LogP contribution in [0.3, 0.4) is 0 Å². The number of hydrogen-bond acceptors (Lipinski definition) is 4. The standard InChI is InChI=1S/C14H20O4/c1-2-3-4-16-8-5-9-14(6-10(15)17-7-14)12-11(8)13(12)18-9/h8-9,11-13H,2-7H2,1H3. The molecule has 1 spiro atoms. The topological polar surface area (TPSA) is 44.8 Å². The molecule has 5 aliphatic rings. The summed E-state index contributed by atoms with van der Waals surface area (Å²) in [6.07, 6.45) is 4.74. The Morgan fingerprint density at radius 2 is 2.39 bits per heavy atom.